The van der Waals surface area contributed by atoms with E-state index in [4.69, 9.17) is 0 Å². The van der Waals surface area contributed by atoms with E-state index in [2.05, 4.69) is 52.1 Å². The van der Waals surface area contributed by atoms with Crippen LogP contribution in [0.15, 0.2) is 47.4 Å². The smallest absolute Gasteiger partial charge is 0.234 e. The van der Waals surface area contributed by atoms with Crippen molar-refractivity contribution in [3.8, 4) is 11.4 Å². The first-order valence-electron chi connectivity index (χ1n) is 10.1. The second-order valence-corrected chi connectivity index (χ2v) is 8.61. The summed E-state index contributed by atoms with van der Waals surface area (Å²) < 4.78 is 2.23. The van der Waals surface area contributed by atoms with Crippen LogP contribution in [0, 0.1) is 13.8 Å². The molecule has 1 aromatic heterocycles. The maximum atomic E-state index is 12.5. The van der Waals surface area contributed by atoms with Gasteiger partial charge in [0.25, 0.3) is 0 Å². The number of aromatic nitrogens is 3. The average Bonchev–Trinajstić information content (AvgIpc) is 2.96. The van der Waals surface area contributed by atoms with Gasteiger partial charge in [-0.05, 0) is 50.5 Å². The number of amides is 1. The molecule has 0 radical (unpaired) electrons. The van der Waals surface area contributed by atoms with Gasteiger partial charge in [-0.2, -0.15) is 0 Å². The Labute approximate surface area is 175 Å². The van der Waals surface area contributed by atoms with Crippen molar-refractivity contribution in [1.82, 2.24) is 14.8 Å². The topological polar surface area (TPSA) is 59.8 Å². The van der Waals surface area contributed by atoms with Crippen molar-refractivity contribution in [2.24, 2.45) is 0 Å². The molecule has 2 aromatic carbocycles. The SMILES string of the molecule is Cc1ccc(SCC(=O)Nc2cccc(-c3nnc4n3CCCCC4)c2)c(C)c1. The highest BCUT2D eigenvalue weighted by Crippen LogP contribution is 2.26. The lowest BCUT2D eigenvalue weighted by atomic mass is 10.2. The number of carbonyl (C=O) groups excluding carboxylic acids is 1. The van der Waals surface area contributed by atoms with Crippen LogP contribution >= 0.6 is 11.8 Å². The fourth-order valence-electron chi connectivity index (χ4n) is 3.74. The number of anilines is 1. The van der Waals surface area contributed by atoms with Gasteiger partial charge in [0.05, 0.1) is 5.75 Å². The van der Waals surface area contributed by atoms with Gasteiger partial charge in [0.15, 0.2) is 5.82 Å². The fraction of sp³-hybridized carbons (Fsp3) is 0.348. The Balaban J connectivity index is 1.44. The molecule has 5 nitrogen and oxygen atoms in total. The summed E-state index contributed by atoms with van der Waals surface area (Å²) in [5.74, 6) is 2.33. The van der Waals surface area contributed by atoms with Crippen LogP contribution in [-0.4, -0.2) is 26.4 Å². The van der Waals surface area contributed by atoms with Crippen molar-refractivity contribution >= 4 is 23.4 Å². The van der Waals surface area contributed by atoms with E-state index in [1.165, 1.54) is 24.0 Å². The van der Waals surface area contributed by atoms with Gasteiger partial charge in [0.1, 0.15) is 5.82 Å². The minimum absolute atomic E-state index is 0.00722. The monoisotopic (exact) mass is 406 g/mol. The molecule has 3 aromatic rings. The standard InChI is InChI=1S/C23H26N4OS/c1-16-10-11-20(17(2)13-16)29-15-22(28)24-19-8-6-7-18(14-19)23-26-25-21-9-4-3-5-12-27(21)23/h6-8,10-11,13-14H,3-5,9,12,15H2,1-2H3,(H,24,28). The van der Waals surface area contributed by atoms with E-state index in [0.29, 0.717) is 5.75 Å². The zero-order chi connectivity index (χ0) is 20.2. The van der Waals surface area contributed by atoms with Gasteiger partial charge in [-0.3, -0.25) is 4.79 Å². The molecular formula is C23H26N4OS. The minimum atomic E-state index is -0.00722. The molecule has 0 spiro atoms. The molecule has 0 saturated heterocycles. The molecule has 2 heterocycles. The number of rotatable bonds is 5. The lowest BCUT2D eigenvalue weighted by Gasteiger charge is -2.10. The summed E-state index contributed by atoms with van der Waals surface area (Å²) in [6, 6.07) is 14.2. The van der Waals surface area contributed by atoms with Crippen LogP contribution in [0.3, 0.4) is 0 Å². The predicted molar refractivity (Wildman–Crippen MR) is 118 cm³/mol. The van der Waals surface area contributed by atoms with Crippen LogP contribution < -0.4 is 5.32 Å². The molecule has 1 aliphatic heterocycles. The van der Waals surface area contributed by atoms with E-state index in [1.54, 1.807) is 11.8 Å². The summed E-state index contributed by atoms with van der Waals surface area (Å²) in [5.41, 5.74) is 4.22. The summed E-state index contributed by atoms with van der Waals surface area (Å²) in [5, 5.41) is 11.8. The lowest BCUT2D eigenvalue weighted by Crippen LogP contribution is -2.14. The average molecular weight is 407 g/mol. The Morgan fingerprint density at radius 3 is 2.86 bits per heavy atom. The van der Waals surface area contributed by atoms with Crippen molar-refractivity contribution in [1.29, 1.82) is 0 Å². The molecule has 6 heteroatoms. The van der Waals surface area contributed by atoms with E-state index in [9.17, 15) is 4.79 Å². The molecule has 1 amide bonds. The summed E-state index contributed by atoms with van der Waals surface area (Å²) in [6.45, 7) is 5.12. The van der Waals surface area contributed by atoms with E-state index in [0.717, 1.165) is 47.2 Å². The highest BCUT2D eigenvalue weighted by Gasteiger charge is 2.16. The molecule has 0 saturated carbocycles. The molecule has 4 rings (SSSR count). The largest absolute Gasteiger partial charge is 0.325 e. The molecular weight excluding hydrogens is 380 g/mol. The predicted octanol–water partition coefficient (Wildman–Crippen LogP) is 5.02. The number of hydrogen-bond acceptors (Lipinski definition) is 4. The first-order valence-corrected chi connectivity index (χ1v) is 11.1. The van der Waals surface area contributed by atoms with Crippen LogP contribution in [-0.2, 0) is 17.8 Å². The zero-order valence-corrected chi connectivity index (χ0v) is 17.8. The number of nitrogens with one attached hydrogen (secondary N) is 1. The van der Waals surface area contributed by atoms with Crippen molar-refractivity contribution in [3.63, 3.8) is 0 Å². The van der Waals surface area contributed by atoms with Crippen LogP contribution in [0.25, 0.3) is 11.4 Å². The molecule has 1 N–H and O–H groups in total. The Morgan fingerprint density at radius 2 is 2.00 bits per heavy atom. The first kappa shape index (κ1) is 19.7. The van der Waals surface area contributed by atoms with Gasteiger partial charge in [0.2, 0.25) is 5.91 Å². The summed E-state index contributed by atoms with van der Waals surface area (Å²) >= 11 is 1.57. The highest BCUT2D eigenvalue weighted by atomic mass is 32.2. The molecule has 0 fully saturated rings. The number of nitrogens with zero attached hydrogens (tertiary/aromatic N) is 3. The van der Waals surface area contributed by atoms with E-state index >= 15 is 0 Å². The Hall–Kier alpha value is -2.60. The molecule has 0 atom stereocenters. The van der Waals surface area contributed by atoms with Crippen molar-refractivity contribution in [2.45, 2.75) is 51.0 Å². The minimum Gasteiger partial charge on any atom is -0.325 e. The maximum absolute atomic E-state index is 12.5. The van der Waals surface area contributed by atoms with E-state index < -0.39 is 0 Å². The van der Waals surface area contributed by atoms with Gasteiger partial charge in [-0.15, -0.1) is 22.0 Å². The third kappa shape index (κ3) is 4.70. The fourth-order valence-corrected chi connectivity index (χ4v) is 4.55. The third-order valence-corrected chi connectivity index (χ3v) is 6.38. The molecule has 0 aliphatic carbocycles. The van der Waals surface area contributed by atoms with Crippen LogP contribution in [0.5, 0.6) is 0 Å². The Bertz CT molecular complexity index is 1030. The van der Waals surface area contributed by atoms with Gasteiger partial charge < -0.3 is 9.88 Å². The van der Waals surface area contributed by atoms with Crippen molar-refractivity contribution in [3.05, 3.63) is 59.4 Å². The van der Waals surface area contributed by atoms with Crippen molar-refractivity contribution < 1.29 is 4.79 Å². The number of fused-ring (bicyclic) bond motifs is 1. The Kier molecular flexibility index (Phi) is 6.00. The summed E-state index contributed by atoms with van der Waals surface area (Å²) in [4.78, 5) is 13.6. The molecule has 1 aliphatic rings. The van der Waals surface area contributed by atoms with Gasteiger partial charge in [0, 0.05) is 29.1 Å². The van der Waals surface area contributed by atoms with Gasteiger partial charge >= 0.3 is 0 Å². The molecule has 29 heavy (non-hydrogen) atoms. The maximum Gasteiger partial charge on any atom is 0.234 e. The molecule has 0 unspecified atom stereocenters. The zero-order valence-electron chi connectivity index (χ0n) is 16.9. The second-order valence-electron chi connectivity index (χ2n) is 7.59. The number of aryl methyl sites for hydroxylation is 3. The number of thioether (sulfide) groups is 1. The Morgan fingerprint density at radius 1 is 1.10 bits per heavy atom. The lowest BCUT2D eigenvalue weighted by molar-refractivity contribution is -0.113. The summed E-state index contributed by atoms with van der Waals surface area (Å²) in [7, 11) is 0. The third-order valence-electron chi connectivity index (χ3n) is 5.20. The van der Waals surface area contributed by atoms with Gasteiger partial charge in [-0.1, -0.05) is 36.2 Å². The van der Waals surface area contributed by atoms with Crippen molar-refractivity contribution in [2.75, 3.05) is 11.1 Å². The van der Waals surface area contributed by atoms with E-state index in [-0.39, 0.29) is 5.91 Å². The quantitative estimate of drug-likeness (QED) is 0.605. The normalized spacial score (nSPS) is 13.6. The molecule has 150 valence electrons. The number of carbonyl (C=O) groups is 1. The molecule has 0 bridgehead atoms. The second kappa shape index (κ2) is 8.82. The van der Waals surface area contributed by atoms with E-state index in [1.807, 2.05) is 24.3 Å². The van der Waals surface area contributed by atoms with Crippen LogP contribution in [0.1, 0.15) is 36.2 Å². The van der Waals surface area contributed by atoms with Gasteiger partial charge in [-0.25, -0.2) is 0 Å². The number of benzene rings is 2. The summed E-state index contributed by atoms with van der Waals surface area (Å²) in [6.07, 6.45) is 4.55. The first-order chi connectivity index (χ1) is 14.1. The highest BCUT2D eigenvalue weighted by molar-refractivity contribution is 8.00. The van der Waals surface area contributed by atoms with Crippen LogP contribution in [0.4, 0.5) is 5.69 Å². The number of hydrogen-bond donors (Lipinski definition) is 1. The van der Waals surface area contributed by atoms with Crippen LogP contribution in [0.2, 0.25) is 0 Å².